The summed E-state index contributed by atoms with van der Waals surface area (Å²) in [6.07, 6.45) is -0.723. The highest BCUT2D eigenvalue weighted by Crippen LogP contribution is 2.59. The number of aryl methyl sites for hydroxylation is 1. The highest BCUT2D eigenvalue weighted by Gasteiger charge is 2.63. The molecule has 328 valence electrons. The van der Waals surface area contributed by atoms with Crippen LogP contribution in [0, 0.1) is 29.0 Å². The van der Waals surface area contributed by atoms with Crippen molar-refractivity contribution >= 4 is 57.0 Å². The first-order valence-electron chi connectivity index (χ1n) is 21.9. The number of benzene rings is 3. The van der Waals surface area contributed by atoms with Crippen molar-refractivity contribution in [3.05, 3.63) is 99.0 Å². The smallest absolute Gasteiger partial charge is 0.410 e. The minimum absolute atomic E-state index is 0.0194. The van der Waals surface area contributed by atoms with Gasteiger partial charge in [-0.25, -0.2) is 22.9 Å². The molecule has 6 aliphatic rings. The number of carbonyl (C=O) groups is 2. The molecule has 0 N–H and O–H groups in total. The number of pyridine rings is 1. The van der Waals surface area contributed by atoms with Gasteiger partial charge < -0.3 is 23.8 Å². The molecule has 5 heterocycles. The number of hydrogen-bond donors (Lipinski definition) is 0. The summed E-state index contributed by atoms with van der Waals surface area (Å²) in [5, 5.41) is 11.2. The summed E-state index contributed by atoms with van der Waals surface area (Å²) in [7, 11) is 0. The molecule has 1 unspecified atom stereocenters. The van der Waals surface area contributed by atoms with Crippen molar-refractivity contribution < 1.29 is 32.2 Å². The van der Waals surface area contributed by atoms with Crippen molar-refractivity contribution in [3.8, 4) is 17.2 Å². The molecule has 2 aromatic heterocycles. The maximum Gasteiger partial charge on any atom is 0.410 e. The van der Waals surface area contributed by atoms with E-state index in [0.717, 1.165) is 5.56 Å². The van der Waals surface area contributed by atoms with Crippen LogP contribution in [0.25, 0.3) is 32.9 Å². The maximum absolute atomic E-state index is 18.0. The van der Waals surface area contributed by atoms with E-state index in [1.54, 1.807) is 28.0 Å². The van der Waals surface area contributed by atoms with Crippen LogP contribution in [0.1, 0.15) is 107 Å². The van der Waals surface area contributed by atoms with Crippen molar-refractivity contribution in [2.75, 3.05) is 6.54 Å². The van der Waals surface area contributed by atoms with E-state index in [1.165, 1.54) is 0 Å². The topological polar surface area (TPSA) is 101 Å². The van der Waals surface area contributed by atoms with Crippen LogP contribution in [-0.4, -0.2) is 67.4 Å². The van der Waals surface area contributed by atoms with E-state index >= 15 is 13.2 Å². The van der Waals surface area contributed by atoms with Crippen LogP contribution in [0.5, 0.6) is 0 Å². The number of fused-ring (bicyclic) bond motifs is 6. The number of ether oxygens (including phenoxy) is 2. The van der Waals surface area contributed by atoms with Crippen LogP contribution in [-0.2, 0) is 27.3 Å². The van der Waals surface area contributed by atoms with Crippen molar-refractivity contribution in [1.29, 1.82) is 5.26 Å². The molecule has 3 saturated heterocycles. The number of likely N-dealkylation sites (tertiary alicyclic amines) is 1. The van der Waals surface area contributed by atoms with Crippen LogP contribution >= 0.6 is 23.2 Å². The summed E-state index contributed by atoms with van der Waals surface area (Å²) < 4.78 is 64.7. The number of alkyl halides is 2. The summed E-state index contributed by atoms with van der Waals surface area (Å²) in [5.41, 5.74) is 0.808. The van der Waals surface area contributed by atoms with E-state index in [9.17, 15) is 14.9 Å². The SMILES string of the molecule is CC(OCc1ccccc1)c1nc2c(F)c(-c3cccc(Cl)c3Cl)c(CCC#N)cc2c2c1cc([C@H]1[C@H]3C[C@H](C[C@@H]3F)N1C(=O)C1(F)CC1)n2[C@H]1[C@@H]2C[C@H]1N(C(=O)OC(C)(C)C)C2. The van der Waals surface area contributed by atoms with Gasteiger partial charge in [0.1, 0.15) is 17.3 Å². The normalized spacial score (nSPS) is 26.0. The molecular formula is C49H48Cl2F3N5O4. The second-order valence-electron chi connectivity index (χ2n) is 19.1. The Morgan fingerprint density at radius 2 is 1.81 bits per heavy atom. The van der Waals surface area contributed by atoms with E-state index in [4.69, 9.17) is 37.7 Å². The van der Waals surface area contributed by atoms with Gasteiger partial charge in [0.05, 0.1) is 58.2 Å². The second kappa shape index (κ2) is 15.4. The predicted octanol–water partition coefficient (Wildman–Crippen LogP) is 11.7. The Labute approximate surface area is 374 Å². The average Bonchev–Trinajstić information content (AvgIpc) is 3.74. The van der Waals surface area contributed by atoms with Gasteiger partial charge in [-0.05, 0) is 95.5 Å². The van der Waals surface area contributed by atoms with Crippen LogP contribution in [0.2, 0.25) is 10.0 Å². The first-order chi connectivity index (χ1) is 30.1. The lowest BCUT2D eigenvalue weighted by Crippen LogP contribution is -2.49. The van der Waals surface area contributed by atoms with Crippen molar-refractivity contribution in [3.63, 3.8) is 0 Å². The Morgan fingerprint density at radius 3 is 2.52 bits per heavy atom. The van der Waals surface area contributed by atoms with Gasteiger partial charge in [0, 0.05) is 58.4 Å². The van der Waals surface area contributed by atoms with Crippen molar-refractivity contribution in [2.45, 2.75) is 127 Å². The first kappa shape index (κ1) is 42.1. The molecule has 3 aliphatic heterocycles. The molecule has 11 rings (SSSR count). The van der Waals surface area contributed by atoms with Gasteiger partial charge in [-0.3, -0.25) is 4.79 Å². The third-order valence-corrected chi connectivity index (χ3v) is 14.8. The summed E-state index contributed by atoms with van der Waals surface area (Å²) >= 11 is 13.3. The predicted molar refractivity (Wildman–Crippen MR) is 234 cm³/mol. The quantitative estimate of drug-likeness (QED) is 0.138. The lowest BCUT2D eigenvalue weighted by atomic mass is 9.79. The molecule has 3 aliphatic carbocycles. The molecule has 5 aromatic rings. The third-order valence-electron chi connectivity index (χ3n) is 14.0. The lowest BCUT2D eigenvalue weighted by Gasteiger charge is -2.43. The molecule has 0 radical (unpaired) electrons. The minimum atomic E-state index is -2.00. The number of halogens is 5. The number of hydrogen-bond acceptors (Lipinski definition) is 6. The van der Waals surface area contributed by atoms with Crippen LogP contribution < -0.4 is 0 Å². The van der Waals surface area contributed by atoms with Gasteiger partial charge in [-0.1, -0.05) is 65.7 Å². The van der Waals surface area contributed by atoms with Gasteiger partial charge in [0.2, 0.25) is 0 Å². The summed E-state index contributed by atoms with van der Waals surface area (Å²) in [4.78, 5) is 36.5. The summed E-state index contributed by atoms with van der Waals surface area (Å²) in [6, 6.07) is 18.6. The molecule has 3 saturated carbocycles. The fraction of sp³-hybridized carbons (Fsp3) is 0.469. The van der Waals surface area contributed by atoms with Crippen LogP contribution in [0.4, 0.5) is 18.0 Å². The summed E-state index contributed by atoms with van der Waals surface area (Å²) in [5.74, 6) is -1.97. The number of nitriles is 1. The molecule has 14 heteroatoms. The van der Waals surface area contributed by atoms with E-state index in [1.807, 2.05) is 70.2 Å². The number of rotatable bonds is 10. The number of amides is 2. The fourth-order valence-corrected chi connectivity index (χ4v) is 11.4. The maximum atomic E-state index is 18.0. The molecule has 2 amide bonds. The zero-order valence-electron chi connectivity index (χ0n) is 35.5. The molecular weight excluding hydrogens is 850 g/mol. The largest absolute Gasteiger partial charge is 0.444 e. The zero-order valence-corrected chi connectivity index (χ0v) is 37.0. The van der Waals surface area contributed by atoms with Crippen LogP contribution in [0.15, 0.2) is 60.7 Å². The lowest BCUT2D eigenvalue weighted by molar-refractivity contribution is -0.144. The molecule has 9 nitrogen and oxygen atoms in total. The van der Waals surface area contributed by atoms with Gasteiger partial charge in [0.25, 0.3) is 5.91 Å². The van der Waals surface area contributed by atoms with Crippen molar-refractivity contribution in [2.24, 2.45) is 11.8 Å². The number of aromatic nitrogens is 2. The van der Waals surface area contributed by atoms with Crippen molar-refractivity contribution in [1.82, 2.24) is 19.4 Å². The Balaban J connectivity index is 1.26. The monoisotopic (exact) mass is 897 g/mol. The molecule has 0 spiro atoms. The van der Waals surface area contributed by atoms with Gasteiger partial charge in [0.15, 0.2) is 11.5 Å². The number of carbonyl (C=O) groups excluding carboxylic acids is 2. The molecule has 3 aromatic carbocycles. The zero-order chi connectivity index (χ0) is 44.3. The minimum Gasteiger partial charge on any atom is -0.444 e. The molecule has 63 heavy (non-hydrogen) atoms. The third kappa shape index (κ3) is 6.96. The Kier molecular flexibility index (Phi) is 10.3. The average molecular weight is 899 g/mol. The van der Waals surface area contributed by atoms with E-state index in [0.29, 0.717) is 58.2 Å². The highest BCUT2D eigenvalue weighted by atomic mass is 35.5. The highest BCUT2D eigenvalue weighted by molar-refractivity contribution is 6.43. The fourth-order valence-electron chi connectivity index (χ4n) is 11.0. The first-order valence-corrected chi connectivity index (χ1v) is 22.7. The van der Waals surface area contributed by atoms with Gasteiger partial charge in [-0.15, -0.1) is 0 Å². The number of nitrogens with zero attached hydrogens (tertiary/aromatic N) is 5. The Bertz CT molecular complexity index is 2730. The van der Waals surface area contributed by atoms with E-state index in [2.05, 4.69) is 10.6 Å². The summed E-state index contributed by atoms with van der Waals surface area (Å²) in [6.45, 7) is 7.92. The Hall–Kier alpha value is -4.83. The van der Waals surface area contributed by atoms with Gasteiger partial charge in [-0.2, -0.15) is 5.26 Å². The van der Waals surface area contributed by atoms with E-state index < -0.39 is 59.4 Å². The number of piperidine rings is 1. The Morgan fingerprint density at radius 1 is 1.05 bits per heavy atom. The molecule has 4 bridgehead atoms. The van der Waals surface area contributed by atoms with Gasteiger partial charge >= 0.3 is 6.09 Å². The van der Waals surface area contributed by atoms with E-state index in [-0.39, 0.29) is 77.8 Å². The second-order valence-corrected chi connectivity index (χ2v) is 19.9. The van der Waals surface area contributed by atoms with Crippen LogP contribution in [0.3, 0.4) is 0 Å². The molecule has 6 fully saturated rings. The molecule has 8 atom stereocenters. The standard InChI is InChI=1S/C49H48Cl2F3N5O4/c1-25(62-24-26-10-6-5-7-11-26)41-33-22-37(45-31-20-29(21-35(31)52)58(45)46(60)49(54)15-16-49)59(43-28-19-36(43)57(23-28)47(61)63-48(2,3)4)44(33)32-18-27(12-9-17-55)38(40(53)42(32)56-41)30-13-8-14-34(50)39(30)51/h5-8,10-11,13-14,18,22,25,28-29,31,35-36,43,45H,9,12,15-16,19-21,23-24H2,1-4H3/t25?,28-,29-,31+,35+,36-,43+,45-/m1/s1.